The highest BCUT2D eigenvalue weighted by molar-refractivity contribution is 5.94. The second-order valence-electron chi connectivity index (χ2n) is 8.22. The largest absolute Gasteiger partial charge is 0.457 e. The van der Waals surface area contributed by atoms with Gasteiger partial charge in [-0.2, -0.15) is 0 Å². The molecule has 1 unspecified atom stereocenters. The maximum atomic E-state index is 13.1. The third-order valence-corrected chi connectivity index (χ3v) is 5.42. The Bertz CT molecular complexity index is 1060. The maximum Gasteiger partial charge on any atom is 0.254 e. The van der Waals surface area contributed by atoms with Crippen molar-refractivity contribution in [3.63, 3.8) is 0 Å². The summed E-state index contributed by atoms with van der Waals surface area (Å²) in [4.78, 5) is 26.2. The number of carbonyl (C=O) groups excluding carboxylic acids is 1. The van der Waals surface area contributed by atoms with E-state index in [2.05, 4.69) is 5.32 Å². The average molecular weight is 432 g/mol. The van der Waals surface area contributed by atoms with Gasteiger partial charge in [0.15, 0.2) is 0 Å². The van der Waals surface area contributed by atoms with Crippen LogP contribution in [0.2, 0.25) is 0 Å². The topological polar surface area (TPSA) is 70.6 Å². The van der Waals surface area contributed by atoms with Crippen molar-refractivity contribution in [2.24, 2.45) is 0 Å². The number of hydrogen-bond donors (Lipinski definition) is 1. The third kappa shape index (κ3) is 5.23. The Hall–Kier alpha value is -3.45. The van der Waals surface area contributed by atoms with E-state index in [4.69, 9.17) is 14.7 Å². The van der Waals surface area contributed by atoms with Crippen LogP contribution < -0.4 is 15.0 Å². The van der Waals surface area contributed by atoms with Gasteiger partial charge in [-0.25, -0.2) is 9.97 Å². The highest BCUT2D eigenvalue weighted by Crippen LogP contribution is 2.24. The van der Waals surface area contributed by atoms with Crippen LogP contribution in [0.15, 0.2) is 60.7 Å². The van der Waals surface area contributed by atoms with E-state index in [-0.39, 0.29) is 11.9 Å². The number of aromatic nitrogens is 2. The fourth-order valence-electron chi connectivity index (χ4n) is 3.73. The molecule has 7 nitrogen and oxygen atoms in total. The van der Waals surface area contributed by atoms with Crippen molar-refractivity contribution in [3.05, 3.63) is 77.7 Å². The Morgan fingerprint density at radius 2 is 1.81 bits per heavy atom. The van der Waals surface area contributed by atoms with Crippen LogP contribution in [-0.4, -0.2) is 48.5 Å². The molecule has 1 fully saturated rings. The maximum absolute atomic E-state index is 13.1. The van der Waals surface area contributed by atoms with E-state index in [1.807, 2.05) is 67.5 Å². The Kier molecular flexibility index (Phi) is 6.66. The Morgan fingerprint density at radius 3 is 2.53 bits per heavy atom. The van der Waals surface area contributed by atoms with Gasteiger partial charge in [-0.05, 0) is 49.7 Å². The monoisotopic (exact) mass is 431 g/mol. The summed E-state index contributed by atoms with van der Waals surface area (Å²) in [6.45, 7) is 1.38. The minimum absolute atomic E-state index is 0.0888. The summed E-state index contributed by atoms with van der Waals surface area (Å²) in [5.74, 6) is 2.91. The number of ether oxygens (including phenoxy) is 1. The molecule has 1 amide bonds. The summed E-state index contributed by atoms with van der Waals surface area (Å²) in [6.07, 6.45) is 2.15. The first kappa shape index (κ1) is 21.8. The Labute approximate surface area is 189 Å². The first-order chi connectivity index (χ1) is 15.5. The lowest BCUT2D eigenvalue weighted by atomic mass is 10.2. The van der Waals surface area contributed by atoms with Gasteiger partial charge in [0.25, 0.3) is 5.91 Å². The van der Waals surface area contributed by atoms with Crippen molar-refractivity contribution in [3.8, 4) is 11.5 Å². The van der Waals surface area contributed by atoms with Crippen LogP contribution in [0, 0.1) is 0 Å². The lowest BCUT2D eigenvalue weighted by molar-refractivity contribution is 0.0783. The number of hydrogen-bond acceptors (Lipinski definition) is 6. The van der Waals surface area contributed by atoms with Gasteiger partial charge in [0.2, 0.25) is 0 Å². The standard InChI is InChI=1S/C25H29N5O2/c1-29(2)23-16-19(27-24(28-23)22-13-8-14-26-22)17-30(3)25(31)18-9-7-12-21(15-18)32-20-10-5-4-6-11-20/h4-7,9-12,15-16,22,26H,8,13-14,17H2,1-3H3. The van der Waals surface area contributed by atoms with Gasteiger partial charge in [0, 0.05) is 32.8 Å². The minimum atomic E-state index is -0.0888. The van der Waals surface area contributed by atoms with Crippen LogP contribution >= 0.6 is 0 Å². The molecule has 0 saturated carbocycles. The van der Waals surface area contributed by atoms with Crippen molar-refractivity contribution in [2.45, 2.75) is 25.4 Å². The van der Waals surface area contributed by atoms with Crippen LogP contribution in [0.1, 0.15) is 40.8 Å². The SMILES string of the molecule is CN(Cc1cc(N(C)C)nc(C2CCCN2)n1)C(=O)c1cccc(Oc2ccccc2)c1. The van der Waals surface area contributed by atoms with E-state index in [9.17, 15) is 4.79 Å². The number of benzene rings is 2. The van der Waals surface area contributed by atoms with Crippen molar-refractivity contribution >= 4 is 11.7 Å². The van der Waals surface area contributed by atoms with Crippen molar-refractivity contribution in [1.29, 1.82) is 0 Å². The average Bonchev–Trinajstić information content (AvgIpc) is 3.34. The molecule has 3 aromatic rings. The zero-order chi connectivity index (χ0) is 22.5. The molecule has 7 heteroatoms. The van der Waals surface area contributed by atoms with E-state index in [1.54, 1.807) is 24.1 Å². The molecule has 1 aromatic heterocycles. The number of para-hydroxylation sites is 1. The quantitative estimate of drug-likeness (QED) is 0.609. The number of rotatable bonds is 7. The molecule has 0 radical (unpaired) electrons. The normalized spacial score (nSPS) is 15.4. The smallest absolute Gasteiger partial charge is 0.254 e. The second-order valence-corrected chi connectivity index (χ2v) is 8.22. The van der Waals surface area contributed by atoms with Gasteiger partial charge in [-0.15, -0.1) is 0 Å². The molecule has 0 spiro atoms. The van der Waals surface area contributed by atoms with Gasteiger partial charge >= 0.3 is 0 Å². The van der Waals surface area contributed by atoms with Crippen LogP contribution in [0.25, 0.3) is 0 Å². The van der Waals surface area contributed by atoms with E-state index < -0.39 is 0 Å². The Balaban J connectivity index is 1.50. The summed E-state index contributed by atoms with van der Waals surface area (Å²) >= 11 is 0. The van der Waals surface area contributed by atoms with E-state index >= 15 is 0 Å². The van der Waals surface area contributed by atoms with Crippen molar-refractivity contribution in [2.75, 3.05) is 32.6 Å². The molecule has 4 rings (SSSR count). The summed E-state index contributed by atoms with van der Waals surface area (Å²) in [7, 11) is 5.72. The second kappa shape index (κ2) is 9.78. The molecule has 0 bridgehead atoms. The molecule has 2 heterocycles. The number of carbonyl (C=O) groups is 1. The number of nitrogens with one attached hydrogen (secondary N) is 1. The van der Waals surface area contributed by atoms with Crippen LogP contribution in [0.3, 0.4) is 0 Å². The highest BCUT2D eigenvalue weighted by atomic mass is 16.5. The van der Waals surface area contributed by atoms with Gasteiger partial charge in [0.05, 0.1) is 18.3 Å². The molecule has 1 N–H and O–H groups in total. The van der Waals surface area contributed by atoms with Crippen molar-refractivity contribution in [1.82, 2.24) is 20.2 Å². The first-order valence-electron chi connectivity index (χ1n) is 10.9. The molecule has 1 aliphatic heterocycles. The number of nitrogens with zero attached hydrogens (tertiary/aromatic N) is 4. The molecule has 1 aliphatic rings. The Morgan fingerprint density at radius 1 is 1.03 bits per heavy atom. The fraction of sp³-hybridized carbons (Fsp3) is 0.320. The molecule has 1 saturated heterocycles. The summed E-state index contributed by atoms with van der Waals surface area (Å²) in [6, 6.07) is 18.9. The predicted molar refractivity (Wildman–Crippen MR) is 125 cm³/mol. The molecule has 0 aliphatic carbocycles. The van der Waals surface area contributed by atoms with Gasteiger partial charge in [-0.1, -0.05) is 24.3 Å². The lowest BCUT2D eigenvalue weighted by Gasteiger charge is -2.20. The zero-order valence-corrected chi connectivity index (χ0v) is 18.8. The molecular formula is C25H29N5O2. The van der Waals surface area contributed by atoms with E-state index in [0.717, 1.165) is 42.5 Å². The van der Waals surface area contributed by atoms with Crippen LogP contribution in [-0.2, 0) is 6.54 Å². The molecule has 32 heavy (non-hydrogen) atoms. The predicted octanol–water partition coefficient (Wildman–Crippen LogP) is 4.03. The third-order valence-electron chi connectivity index (χ3n) is 5.42. The molecular weight excluding hydrogens is 402 g/mol. The van der Waals surface area contributed by atoms with Gasteiger partial charge < -0.3 is 19.9 Å². The summed E-state index contributed by atoms with van der Waals surface area (Å²) in [5, 5.41) is 3.46. The summed E-state index contributed by atoms with van der Waals surface area (Å²) in [5.41, 5.74) is 1.39. The van der Waals surface area contributed by atoms with Gasteiger partial charge in [0.1, 0.15) is 23.1 Å². The fourth-order valence-corrected chi connectivity index (χ4v) is 3.73. The summed E-state index contributed by atoms with van der Waals surface area (Å²) < 4.78 is 5.88. The minimum Gasteiger partial charge on any atom is -0.457 e. The van der Waals surface area contributed by atoms with E-state index in [1.165, 1.54) is 0 Å². The van der Waals surface area contributed by atoms with Crippen LogP contribution in [0.5, 0.6) is 11.5 Å². The zero-order valence-electron chi connectivity index (χ0n) is 18.8. The van der Waals surface area contributed by atoms with Crippen LogP contribution in [0.4, 0.5) is 5.82 Å². The molecule has 1 atom stereocenters. The first-order valence-corrected chi connectivity index (χ1v) is 10.9. The lowest BCUT2D eigenvalue weighted by Crippen LogP contribution is -2.27. The van der Waals surface area contributed by atoms with Gasteiger partial charge in [-0.3, -0.25) is 4.79 Å². The highest BCUT2D eigenvalue weighted by Gasteiger charge is 2.22. The van der Waals surface area contributed by atoms with E-state index in [0.29, 0.717) is 17.9 Å². The molecule has 166 valence electrons. The molecule has 2 aromatic carbocycles. The van der Waals surface area contributed by atoms with Crippen molar-refractivity contribution < 1.29 is 9.53 Å². The number of amides is 1. The number of anilines is 1.